The van der Waals surface area contributed by atoms with Gasteiger partial charge in [-0.05, 0) is 65.9 Å². The summed E-state index contributed by atoms with van der Waals surface area (Å²) < 4.78 is 32.3. The molecule has 0 fully saturated rings. The molecule has 0 aromatic heterocycles. The van der Waals surface area contributed by atoms with Gasteiger partial charge in [-0.1, -0.05) is 37.3 Å². The topological polar surface area (TPSA) is 75.7 Å². The van der Waals surface area contributed by atoms with Crippen LogP contribution in [0.4, 0.5) is 11.4 Å². The second kappa shape index (κ2) is 8.98. The van der Waals surface area contributed by atoms with Crippen LogP contribution in [-0.4, -0.2) is 33.2 Å². The number of nitrogens with zero attached hydrogens (tertiary/aromatic N) is 1. The summed E-state index contributed by atoms with van der Waals surface area (Å²) >= 11 is 0. The monoisotopic (exact) mass is 438 g/mol. The van der Waals surface area contributed by atoms with Crippen molar-refractivity contribution in [1.29, 1.82) is 0 Å². The lowest BCUT2D eigenvalue weighted by molar-refractivity contribution is -0.118. The van der Waals surface area contributed by atoms with Crippen molar-refractivity contribution in [2.24, 2.45) is 0 Å². The van der Waals surface area contributed by atoms with E-state index in [-0.39, 0.29) is 18.3 Å². The Bertz CT molecular complexity index is 1210. The number of ether oxygens (including phenoxy) is 1. The highest BCUT2D eigenvalue weighted by Crippen LogP contribution is 2.32. The maximum Gasteiger partial charge on any atom is 0.262 e. The van der Waals surface area contributed by atoms with E-state index >= 15 is 0 Å². The molecular weight excluding hydrogens is 412 g/mol. The lowest BCUT2D eigenvalue weighted by Gasteiger charge is -2.30. The van der Waals surface area contributed by atoms with Gasteiger partial charge in [-0.3, -0.25) is 9.10 Å². The van der Waals surface area contributed by atoms with E-state index in [1.165, 1.54) is 4.31 Å². The molecule has 0 saturated heterocycles. The molecule has 162 valence electrons. The van der Waals surface area contributed by atoms with Crippen LogP contribution in [0.5, 0.6) is 5.75 Å². The normalized spacial score (nSPS) is 13.6. The van der Waals surface area contributed by atoms with Crippen LogP contribution in [0.15, 0.2) is 60.7 Å². The molecule has 1 aliphatic heterocycles. The predicted molar refractivity (Wildman–Crippen MR) is 124 cm³/mol. The highest BCUT2D eigenvalue weighted by molar-refractivity contribution is 7.92. The largest absolute Gasteiger partial charge is 0.484 e. The van der Waals surface area contributed by atoms with Crippen LogP contribution in [0.3, 0.4) is 0 Å². The van der Waals surface area contributed by atoms with E-state index in [1.54, 1.807) is 12.1 Å². The minimum absolute atomic E-state index is 0.105. The van der Waals surface area contributed by atoms with Gasteiger partial charge in [-0.2, -0.15) is 0 Å². The van der Waals surface area contributed by atoms with E-state index in [9.17, 15) is 13.2 Å². The predicted octanol–water partition coefficient (Wildman–Crippen LogP) is 4.35. The van der Waals surface area contributed by atoms with Crippen LogP contribution >= 0.6 is 0 Å². The van der Waals surface area contributed by atoms with Gasteiger partial charge in [0.2, 0.25) is 10.0 Å². The number of benzene rings is 3. The maximum absolute atomic E-state index is 12.6. The van der Waals surface area contributed by atoms with E-state index < -0.39 is 10.0 Å². The van der Waals surface area contributed by atoms with Gasteiger partial charge in [0.25, 0.3) is 5.91 Å². The average molecular weight is 439 g/mol. The fourth-order valence-corrected chi connectivity index (χ4v) is 5.52. The molecule has 6 nitrogen and oxygen atoms in total. The first kappa shape index (κ1) is 21.2. The van der Waals surface area contributed by atoms with Crippen molar-refractivity contribution in [3.05, 3.63) is 66.2 Å². The van der Waals surface area contributed by atoms with Crippen molar-refractivity contribution >= 4 is 38.1 Å². The molecule has 3 aromatic carbocycles. The van der Waals surface area contributed by atoms with Gasteiger partial charge >= 0.3 is 0 Å². The van der Waals surface area contributed by atoms with Gasteiger partial charge in [-0.25, -0.2) is 8.42 Å². The molecule has 1 aliphatic rings. The third-order valence-electron chi connectivity index (χ3n) is 5.33. The summed E-state index contributed by atoms with van der Waals surface area (Å²) in [7, 11) is -3.31. The van der Waals surface area contributed by atoms with Gasteiger partial charge in [0.15, 0.2) is 6.61 Å². The maximum atomic E-state index is 12.6. The molecule has 0 aliphatic carbocycles. The number of nitrogens with one attached hydrogen (secondary N) is 1. The Kier molecular flexibility index (Phi) is 6.13. The number of carbonyl (C=O) groups excluding carboxylic acids is 1. The van der Waals surface area contributed by atoms with Gasteiger partial charge in [0, 0.05) is 12.2 Å². The van der Waals surface area contributed by atoms with Crippen LogP contribution < -0.4 is 14.4 Å². The van der Waals surface area contributed by atoms with Gasteiger partial charge in [0.1, 0.15) is 5.75 Å². The summed E-state index contributed by atoms with van der Waals surface area (Å²) in [5, 5.41) is 5.01. The molecular formula is C24H26N2O4S. The molecule has 4 rings (SSSR count). The Hall–Kier alpha value is -3.06. The van der Waals surface area contributed by atoms with Gasteiger partial charge in [0.05, 0.1) is 11.4 Å². The van der Waals surface area contributed by atoms with Gasteiger partial charge < -0.3 is 10.1 Å². The molecule has 1 amide bonds. The number of aryl methyl sites for hydroxylation is 1. The number of hydrogen-bond donors (Lipinski definition) is 1. The minimum atomic E-state index is -3.31. The second-order valence-corrected chi connectivity index (χ2v) is 9.69. The Labute approximate surface area is 182 Å². The number of carbonyl (C=O) groups is 1. The molecule has 3 aromatic rings. The molecule has 0 atom stereocenters. The Morgan fingerprint density at radius 3 is 2.68 bits per heavy atom. The van der Waals surface area contributed by atoms with Crippen LogP contribution in [0, 0.1) is 0 Å². The van der Waals surface area contributed by atoms with Crippen molar-refractivity contribution in [2.75, 3.05) is 28.5 Å². The van der Waals surface area contributed by atoms with Crippen molar-refractivity contribution in [1.82, 2.24) is 0 Å². The lowest BCUT2D eigenvalue weighted by atomic mass is 10.0. The second-order valence-electron chi connectivity index (χ2n) is 7.68. The summed E-state index contributed by atoms with van der Waals surface area (Å²) in [5.74, 6) is 0.507. The zero-order valence-electron chi connectivity index (χ0n) is 17.5. The van der Waals surface area contributed by atoms with Crippen molar-refractivity contribution in [2.45, 2.75) is 26.2 Å². The Morgan fingerprint density at radius 1 is 1.06 bits per heavy atom. The van der Waals surface area contributed by atoms with E-state index in [0.29, 0.717) is 30.1 Å². The summed E-state index contributed by atoms with van der Waals surface area (Å²) in [6.07, 6.45) is 2.13. The zero-order chi connectivity index (χ0) is 21.8. The SMILES string of the molecule is CCCS(=O)(=O)N1CCCc2cc(NC(=O)COc3ccc4ccccc4c3)ccc21. The average Bonchev–Trinajstić information content (AvgIpc) is 2.77. The van der Waals surface area contributed by atoms with E-state index in [4.69, 9.17) is 4.74 Å². The fourth-order valence-electron chi connectivity index (χ4n) is 3.90. The standard InChI is InChI=1S/C24H26N2O4S/c1-2-14-31(28,29)26-13-5-8-20-15-21(10-12-23(20)26)25-24(27)17-30-22-11-9-18-6-3-4-7-19(18)16-22/h3-4,6-7,9-12,15-16H,2,5,8,13-14,17H2,1H3,(H,25,27). The Balaban J connectivity index is 1.41. The van der Waals surface area contributed by atoms with Crippen LogP contribution in [0.25, 0.3) is 10.8 Å². The summed E-state index contributed by atoms with van der Waals surface area (Å²) in [5.41, 5.74) is 2.28. The number of sulfonamides is 1. The molecule has 1 N–H and O–H groups in total. The van der Waals surface area contributed by atoms with Gasteiger partial charge in [-0.15, -0.1) is 0 Å². The first-order chi connectivity index (χ1) is 15.0. The molecule has 0 radical (unpaired) electrons. The molecule has 0 saturated carbocycles. The molecule has 0 spiro atoms. The van der Waals surface area contributed by atoms with E-state index in [1.807, 2.05) is 55.5 Å². The van der Waals surface area contributed by atoms with Crippen LogP contribution in [0.2, 0.25) is 0 Å². The minimum Gasteiger partial charge on any atom is -0.484 e. The zero-order valence-corrected chi connectivity index (χ0v) is 18.3. The van der Waals surface area contributed by atoms with Crippen molar-refractivity contribution in [3.8, 4) is 5.75 Å². The van der Waals surface area contributed by atoms with Crippen LogP contribution in [0.1, 0.15) is 25.3 Å². The molecule has 0 unspecified atom stereocenters. The van der Waals surface area contributed by atoms with Crippen LogP contribution in [-0.2, 0) is 21.2 Å². The first-order valence-corrected chi connectivity index (χ1v) is 12.1. The molecule has 7 heteroatoms. The summed E-state index contributed by atoms with van der Waals surface area (Å²) in [6, 6.07) is 19.1. The number of hydrogen-bond acceptors (Lipinski definition) is 4. The third kappa shape index (κ3) is 4.82. The fraction of sp³-hybridized carbons (Fsp3) is 0.292. The number of fused-ring (bicyclic) bond motifs is 2. The molecule has 0 bridgehead atoms. The number of anilines is 2. The van der Waals surface area contributed by atoms with E-state index in [2.05, 4.69) is 5.32 Å². The highest BCUT2D eigenvalue weighted by atomic mass is 32.2. The first-order valence-electron chi connectivity index (χ1n) is 10.5. The summed E-state index contributed by atoms with van der Waals surface area (Å²) in [6.45, 7) is 2.26. The molecule has 31 heavy (non-hydrogen) atoms. The Morgan fingerprint density at radius 2 is 1.87 bits per heavy atom. The number of rotatable bonds is 7. The lowest BCUT2D eigenvalue weighted by Crippen LogP contribution is -2.37. The summed E-state index contributed by atoms with van der Waals surface area (Å²) in [4.78, 5) is 12.4. The highest BCUT2D eigenvalue weighted by Gasteiger charge is 2.26. The van der Waals surface area contributed by atoms with E-state index in [0.717, 1.165) is 29.2 Å². The van der Waals surface area contributed by atoms with Crippen molar-refractivity contribution in [3.63, 3.8) is 0 Å². The van der Waals surface area contributed by atoms with Crippen molar-refractivity contribution < 1.29 is 17.9 Å². The molecule has 1 heterocycles. The third-order valence-corrected chi connectivity index (χ3v) is 7.30. The number of amides is 1. The smallest absolute Gasteiger partial charge is 0.262 e. The quantitative estimate of drug-likeness (QED) is 0.595.